The van der Waals surface area contributed by atoms with Gasteiger partial charge in [-0.15, -0.1) is 0 Å². The van der Waals surface area contributed by atoms with E-state index in [1.165, 1.54) is 0 Å². The standard InChI is InChI=1S/C19H28O3/c1-18-7-5-11(20)9-15(18)16(21)10-12-13-3-4-17(22)19(13,2)8-6-14(12)18/h11-15,20H,3-10H2,1-2H3/t11?,12-,13-,14+,15?,18+,19-/m0/s1. The molecule has 4 aliphatic rings. The number of ketones is 2. The molecule has 122 valence electrons. The number of rotatable bonds is 0. The lowest BCUT2D eigenvalue weighted by Crippen LogP contribution is -2.57. The van der Waals surface area contributed by atoms with Crippen LogP contribution < -0.4 is 0 Å². The smallest absolute Gasteiger partial charge is 0.139 e. The highest BCUT2D eigenvalue weighted by Crippen LogP contribution is 2.64. The molecule has 4 saturated carbocycles. The zero-order chi connectivity index (χ0) is 15.7. The van der Waals surface area contributed by atoms with Crippen molar-refractivity contribution in [3.63, 3.8) is 0 Å². The third-order valence-corrected chi connectivity index (χ3v) is 8.14. The van der Waals surface area contributed by atoms with E-state index in [1.54, 1.807) is 0 Å². The van der Waals surface area contributed by atoms with Gasteiger partial charge in [0.05, 0.1) is 6.10 Å². The van der Waals surface area contributed by atoms with Gasteiger partial charge in [0, 0.05) is 24.2 Å². The van der Waals surface area contributed by atoms with Gasteiger partial charge in [-0.25, -0.2) is 0 Å². The average Bonchev–Trinajstić information content (AvgIpc) is 2.77. The predicted octanol–water partition coefficient (Wildman–Crippen LogP) is 3.14. The number of carbonyl (C=O) groups excluding carboxylic acids is 2. The molecule has 4 aliphatic carbocycles. The molecule has 0 aromatic rings. The summed E-state index contributed by atoms with van der Waals surface area (Å²) in [5.41, 5.74) is -0.0922. The summed E-state index contributed by atoms with van der Waals surface area (Å²) in [6, 6.07) is 0. The Morgan fingerprint density at radius 1 is 1.05 bits per heavy atom. The second-order valence-corrected chi connectivity index (χ2v) is 8.95. The van der Waals surface area contributed by atoms with Gasteiger partial charge in [-0.2, -0.15) is 0 Å². The Hall–Kier alpha value is -0.700. The SMILES string of the molecule is C[C@]12CCC(O)CC1C(=O)C[C@@H]1[C@H]2CC[C@]2(C)C(=O)CC[C@@H]12. The Labute approximate surface area is 132 Å². The maximum absolute atomic E-state index is 12.8. The van der Waals surface area contributed by atoms with Crippen LogP contribution in [-0.2, 0) is 9.59 Å². The normalized spacial score (nSPS) is 54.6. The third kappa shape index (κ3) is 1.78. The summed E-state index contributed by atoms with van der Waals surface area (Å²) in [6.07, 6.45) is 6.67. The van der Waals surface area contributed by atoms with Crippen molar-refractivity contribution in [2.45, 2.75) is 71.3 Å². The summed E-state index contributed by atoms with van der Waals surface area (Å²) in [5.74, 6) is 2.27. The van der Waals surface area contributed by atoms with E-state index in [-0.39, 0.29) is 22.9 Å². The lowest BCUT2D eigenvalue weighted by molar-refractivity contribution is -0.160. The Kier molecular flexibility index (Phi) is 3.15. The second kappa shape index (κ2) is 4.66. The van der Waals surface area contributed by atoms with Crippen LogP contribution in [0.25, 0.3) is 0 Å². The van der Waals surface area contributed by atoms with Crippen LogP contribution in [0.15, 0.2) is 0 Å². The number of aliphatic hydroxyl groups excluding tert-OH is 1. The molecule has 0 spiro atoms. The minimum absolute atomic E-state index is 0.0546. The van der Waals surface area contributed by atoms with E-state index in [1.807, 2.05) is 0 Å². The first-order valence-corrected chi connectivity index (χ1v) is 9.10. The molecule has 4 rings (SSSR count). The predicted molar refractivity (Wildman–Crippen MR) is 83.1 cm³/mol. The van der Waals surface area contributed by atoms with Crippen LogP contribution in [0.3, 0.4) is 0 Å². The number of fused-ring (bicyclic) bond motifs is 5. The van der Waals surface area contributed by atoms with Crippen molar-refractivity contribution in [3.8, 4) is 0 Å². The van der Waals surface area contributed by atoms with Gasteiger partial charge in [-0.3, -0.25) is 9.59 Å². The fourth-order valence-corrected chi connectivity index (χ4v) is 6.79. The van der Waals surface area contributed by atoms with Gasteiger partial charge in [0.15, 0.2) is 0 Å². The number of hydrogen-bond donors (Lipinski definition) is 1. The summed E-state index contributed by atoms with van der Waals surface area (Å²) >= 11 is 0. The Morgan fingerprint density at radius 2 is 1.82 bits per heavy atom. The van der Waals surface area contributed by atoms with Gasteiger partial charge >= 0.3 is 0 Å². The highest BCUT2D eigenvalue weighted by atomic mass is 16.3. The van der Waals surface area contributed by atoms with Gasteiger partial charge < -0.3 is 5.11 Å². The van der Waals surface area contributed by atoms with Crippen LogP contribution in [0.2, 0.25) is 0 Å². The van der Waals surface area contributed by atoms with Crippen molar-refractivity contribution in [1.29, 1.82) is 0 Å². The summed E-state index contributed by atoms with van der Waals surface area (Å²) in [5, 5.41) is 10.0. The fourth-order valence-electron chi connectivity index (χ4n) is 6.79. The first-order valence-electron chi connectivity index (χ1n) is 9.10. The number of carbonyl (C=O) groups is 2. The van der Waals surface area contributed by atoms with Gasteiger partial charge in [0.25, 0.3) is 0 Å². The Balaban J connectivity index is 1.69. The van der Waals surface area contributed by atoms with E-state index in [9.17, 15) is 14.7 Å². The number of Topliss-reactive ketones (excluding diaryl/α,β-unsaturated/α-hetero) is 2. The van der Waals surface area contributed by atoms with Crippen LogP contribution in [0.1, 0.15) is 65.2 Å². The van der Waals surface area contributed by atoms with Crippen LogP contribution in [-0.4, -0.2) is 22.8 Å². The molecule has 0 aliphatic heterocycles. The maximum atomic E-state index is 12.8. The molecular weight excluding hydrogens is 276 g/mol. The summed E-state index contributed by atoms with van der Waals surface area (Å²) in [7, 11) is 0. The van der Waals surface area contributed by atoms with Crippen molar-refractivity contribution < 1.29 is 14.7 Å². The first-order chi connectivity index (χ1) is 10.4. The van der Waals surface area contributed by atoms with Crippen molar-refractivity contribution in [3.05, 3.63) is 0 Å². The van der Waals surface area contributed by atoms with E-state index in [0.29, 0.717) is 42.2 Å². The van der Waals surface area contributed by atoms with Gasteiger partial charge in [0.2, 0.25) is 0 Å². The van der Waals surface area contributed by atoms with Crippen molar-refractivity contribution in [1.82, 2.24) is 0 Å². The van der Waals surface area contributed by atoms with Crippen LogP contribution in [0, 0.1) is 34.5 Å². The third-order valence-electron chi connectivity index (χ3n) is 8.14. The quantitative estimate of drug-likeness (QED) is 0.748. The summed E-state index contributed by atoms with van der Waals surface area (Å²) in [4.78, 5) is 25.2. The molecule has 7 atom stereocenters. The lowest BCUT2D eigenvalue weighted by atomic mass is 9.45. The van der Waals surface area contributed by atoms with Crippen LogP contribution >= 0.6 is 0 Å². The monoisotopic (exact) mass is 304 g/mol. The second-order valence-electron chi connectivity index (χ2n) is 8.95. The van der Waals surface area contributed by atoms with Crippen LogP contribution in [0.4, 0.5) is 0 Å². The highest BCUT2D eigenvalue weighted by molar-refractivity contribution is 5.88. The van der Waals surface area contributed by atoms with E-state index in [2.05, 4.69) is 13.8 Å². The molecule has 0 aromatic carbocycles. The molecule has 2 unspecified atom stereocenters. The van der Waals surface area contributed by atoms with Gasteiger partial charge in [-0.1, -0.05) is 13.8 Å². The Bertz CT molecular complexity index is 527. The van der Waals surface area contributed by atoms with E-state index >= 15 is 0 Å². The highest BCUT2D eigenvalue weighted by Gasteiger charge is 2.62. The number of hydrogen-bond acceptors (Lipinski definition) is 3. The molecule has 3 nitrogen and oxygen atoms in total. The van der Waals surface area contributed by atoms with E-state index in [4.69, 9.17) is 0 Å². The molecule has 0 radical (unpaired) electrons. The molecule has 4 fully saturated rings. The van der Waals surface area contributed by atoms with E-state index < -0.39 is 0 Å². The average molecular weight is 304 g/mol. The zero-order valence-corrected chi connectivity index (χ0v) is 13.8. The summed E-state index contributed by atoms with van der Waals surface area (Å²) < 4.78 is 0. The largest absolute Gasteiger partial charge is 0.393 e. The van der Waals surface area contributed by atoms with E-state index in [0.717, 1.165) is 38.5 Å². The van der Waals surface area contributed by atoms with Crippen LogP contribution in [0.5, 0.6) is 0 Å². The molecule has 0 saturated heterocycles. The van der Waals surface area contributed by atoms with Crippen molar-refractivity contribution in [2.75, 3.05) is 0 Å². The minimum Gasteiger partial charge on any atom is -0.393 e. The first kappa shape index (κ1) is 14.9. The molecule has 0 bridgehead atoms. The minimum atomic E-state index is -0.291. The topological polar surface area (TPSA) is 54.4 Å². The van der Waals surface area contributed by atoms with Gasteiger partial charge in [-0.05, 0) is 61.7 Å². The van der Waals surface area contributed by atoms with Crippen molar-refractivity contribution in [2.24, 2.45) is 34.5 Å². The maximum Gasteiger partial charge on any atom is 0.139 e. The lowest BCUT2D eigenvalue weighted by Gasteiger charge is -2.59. The zero-order valence-electron chi connectivity index (χ0n) is 13.8. The number of aliphatic hydroxyl groups is 1. The summed E-state index contributed by atoms with van der Waals surface area (Å²) in [6.45, 7) is 4.46. The Morgan fingerprint density at radius 3 is 2.59 bits per heavy atom. The molecule has 0 amide bonds. The molecule has 1 N–H and O–H groups in total. The molecule has 3 heteroatoms. The van der Waals surface area contributed by atoms with Gasteiger partial charge in [0.1, 0.15) is 11.6 Å². The molecule has 22 heavy (non-hydrogen) atoms. The molecular formula is C19H28O3. The molecule has 0 heterocycles. The fraction of sp³-hybridized carbons (Fsp3) is 0.895. The van der Waals surface area contributed by atoms with Crippen molar-refractivity contribution >= 4 is 11.6 Å². The molecule has 0 aromatic heterocycles.